The Hall–Kier alpha value is -1.89. The van der Waals surface area contributed by atoms with Crippen LogP contribution in [0.25, 0.3) is 11.0 Å². The van der Waals surface area contributed by atoms with Crippen LogP contribution in [0.1, 0.15) is 56.1 Å². The van der Waals surface area contributed by atoms with Crippen molar-refractivity contribution in [2.24, 2.45) is 5.92 Å². The molecule has 158 valence electrons. The van der Waals surface area contributed by atoms with Crippen LogP contribution in [0.2, 0.25) is 0 Å². The molecular formula is C22H31N3O3S. The fourth-order valence-corrected chi connectivity index (χ4v) is 6.26. The molecule has 1 heterocycles. The summed E-state index contributed by atoms with van der Waals surface area (Å²) in [6, 6.07) is 4.27. The highest BCUT2D eigenvalue weighted by molar-refractivity contribution is 7.92. The van der Waals surface area contributed by atoms with Crippen LogP contribution < -0.4 is 5.32 Å². The summed E-state index contributed by atoms with van der Waals surface area (Å²) in [5.41, 5.74) is 4.50. The number of carbonyl (C=O) groups excluding carboxylic acids is 1. The quantitative estimate of drug-likeness (QED) is 0.715. The molecule has 0 bridgehead atoms. The number of fused-ring (bicyclic) bond motifs is 1. The predicted octanol–water partition coefficient (Wildman–Crippen LogP) is 3.30. The molecular weight excluding hydrogens is 386 g/mol. The number of nitrogens with zero attached hydrogens (tertiary/aromatic N) is 2. The number of aryl methyl sites for hydroxylation is 2. The molecule has 0 saturated heterocycles. The summed E-state index contributed by atoms with van der Waals surface area (Å²) in [5, 5.41) is 2.88. The molecule has 2 aromatic rings. The minimum Gasteiger partial charge on any atom is -0.351 e. The predicted molar refractivity (Wildman–Crippen MR) is 115 cm³/mol. The first-order valence-corrected chi connectivity index (χ1v) is 12.5. The highest BCUT2D eigenvalue weighted by Gasteiger charge is 2.34. The lowest BCUT2D eigenvalue weighted by atomic mass is 10.1. The second kappa shape index (κ2) is 8.09. The van der Waals surface area contributed by atoms with Gasteiger partial charge in [0.1, 0.15) is 0 Å². The fraction of sp³-hybridized carbons (Fsp3) is 0.636. The molecule has 1 N–H and O–H groups in total. The molecule has 7 heteroatoms. The Kier molecular flexibility index (Phi) is 5.69. The van der Waals surface area contributed by atoms with Crippen LogP contribution in [0.3, 0.4) is 0 Å². The van der Waals surface area contributed by atoms with Crippen molar-refractivity contribution >= 4 is 26.8 Å². The maximum atomic E-state index is 12.5. The minimum atomic E-state index is -3.16. The first-order chi connectivity index (χ1) is 13.8. The molecule has 0 radical (unpaired) electrons. The van der Waals surface area contributed by atoms with E-state index in [0.717, 1.165) is 49.6 Å². The smallest absolute Gasteiger partial charge is 0.221 e. The van der Waals surface area contributed by atoms with Gasteiger partial charge in [-0.3, -0.25) is 4.79 Å². The van der Waals surface area contributed by atoms with Gasteiger partial charge in [-0.2, -0.15) is 0 Å². The molecule has 2 aliphatic rings. The normalized spacial score (nSPS) is 19.0. The average molecular weight is 418 g/mol. The van der Waals surface area contributed by atoms with Crippen molar-refractivity contribution < 1.29 is 13.2 Å². The molecule has 6 nitrogen and oxygen atoms in total. The van der Waals surface area contributed by atoms with Crippen molar-refractivity contribution in [2.45, 2.75) is 76.6 Å². The third-order valence-corrected chi connectivity index (χ3v) is 8.85. The van der Waals surface area contributed by atoms with Gasteiger partial charge in [0.15, 0.2) is 9.84 Å². The molecule has 1 amide bonds. The second-order valence-corrected chi connectivity index (χ2v) is 11.3. The van der Waals surface area contributed by atoms with E-state index >= 15 is 0 Å². The van der Waals surface area contributed by atoms with E-state index in [1.54, 1.807) is 0 Å². The molecule has 29 heavy (non-hydrogen) atoms. The van der Waals surface area contributed by atoms with Gasteiger partial charge >= 0.3 is 0 Å². The molecule has 0 spiro atoms. The third kappa shape index (κ3) is 4.65. The Bertz CT molecular complexity index is 1000. The Morgan fingerprint density at radius 1 is 1.17 bits per heavy atom. The average Bonchev–Trinajstić information content (AvgIpc) is 3.23. The van der Waals surface area contributed by atoms with E-state index in [-0.39, 0.29) is 29.4 Å². The fourth-order valence-electron chi connectivity index (χ4n) is 4.41. The first-order valence-electron chi connectivity index (χ1n) is 10.8. The van der Waals surface area contributed by atoms with Crippen LogP contribution in [-0.4, -0.2) is 40.9 Å². The van der Waals surface area contributed by atoms with Crippen LogP contribution in [0.15, 0.2) is 18.5 Å². The number of sulfone groups is 1. The van der Waals surface area contributed by atoms with Gasteiger partial charge in [0, 0.05) is 19.0 Å². The minimum absolute atomic E-state index is 0.0238. The summed E-state index contributed by atoms with van der Waals surface area (Å²) in [6.45, 7) is 4.85. The molecule has 1 aromatic heterocycles. The molecule has 2 fully saturated rings. The van der Waals surface area contributed by atoms with Gasteiger partial charge in [-0.1, -0.05) is 12.8 Å². The number of hydrogen-bond acceptors (Lipinski definition) is 4. The Morgan fingerprint density at radius 3 is 2.55 bits per heavy atom. The molecule has 0 aliphatic heterocycles. The number of amides is 1. The SMILES string of the molecule is Cc1cc2ncn(C[C@H](NC(=O)CCS(=O)(=O)C3CCCC3)C3CC3)c2cc1C. The lowest BCUT2D eigenvalue weighted by Crippen LogP contribution is -2.40. The topological polar surface area (TPSA) is 81.1 Å². The maximum Gasteiger partial charge on any atom is 0.221 e. The summed E-state index contributed by atoms with van der Waals surface area (Å²) in [4.78, 5) is 17.1. The lowest BCUT2D eigenvalue weighted by Gasteiger charge is -2.20. The largest absolute Gasteiger partial charge is 0.351 e. The van der Waals surface area contributed by atoms with Crippen LogP contribution >= 0.6 is 0 Å². The van der Waals surface area contributed by atoms with Gasteiger partial charge in [-0.05, 0) is 68.7 Å². The number of hydrogen-bond donors (Lipinski definition) is 1. The Morgan fingerprint density at radius 2 is 1.86 bits per heavy atom. The summed E-state index contributed by atoms with van der Waals surface area (Å²) in [7, 11) is -3.16. The van der Waals surface area contributed by atoms with Crippen LogP contribution in [-0.2, 0) is 21.2 Å². The van der Waals surface area contributed by atoms with E-state index in [2.05, 4.69) is 40.8 Å². The molecule has 4 rings (SSSR count). The van der Waals surface area contributed by atoms with Gasteiger partial charge in [0.05, 0.1) is 28.4 Å². The summed E-state index contributed by atoms with van der Waals surface area (Å²) >= 11 is 0. The van der Waals surface area contributed by atoms with Gasteiger partial charge in [-0.25, -0.2) is 13.4 Å². The second-order valence-electron chi connectivity index (χ2n) is 8.86. The number of rotatable bonds is 8. The number of benzene rings is 1. The van der Waals surface area contributed by atoms with E-state index in [1.807, 2.05) is 6.33 Å². The zero-order valence-electron chi connectivity index (χ0n) is 17.4. The van der Waals surface area contributed by atoms with Crippen molar-refractivity contribution in [3.05, 3.63) is 29.6 Å². The summed E-state index contributed by atoms with van der Waals surface area (Å²) in [6.07, 6.45) is 7.59. The number of nitrogens with one attached hydrogen (secondary N) is 1. The molecule has 1 atom stereocenters. The summed E-state index contributed by atoms with van der Waals surface area (Å²) in [5.74, 6) is 0.280. The van der Waals surface area contributed by atoms with E-state index in [9.17, 15) is 13.2 Å². The zero-order valence-corrected chi connectivity index (χ0v) is 18.2. The maximum absolute atomic E-state index is 12.5. The van der Waals surface area contributed by atoms with Gasteiger partial charge in [-0.15, -0.1) is 0 Å². The van der Waals surface area contributed by atoms with Gasteiger partial charge < -0.3 is 9.88 Å². The standard InChI is InChI=1S/C22H31N3O3S/c1-15-11-19-21(12-16(15)2)25(14-23-19)13-20(17-7-8-17)24-22(26)9-10-29(27,28)18-5-3-4-6-18/h11-12,14,17-18,20H,3-10,13H2,1-2H3,(H,24,26)/t20-/m0/s1. The lowest BCUT2D eigenvalue weighted by molar-refractivity contribution is -0.121. The first kappa shape index (κ1) is 20.4. The van der Waals surface area contributed by atoms with Crippen molar-refractivity contribution in [1.29, 1.82) is 0 Å². The third-order valence-electron chi connectivity index (χ3n) is 6.59. The van der Waals surface area contributed by atoms with Gasteiger partial charge in [0.2, 0.25) is 5.91 Å². The van der Waals surface area contributed by atoms with Crippen molar-refractivity contribution in [3.63, 3.8) is 0 Å². The van der Waals surface area contributed by atoms with E-state index < -0.39 is 9.84 Å². The number of aromatic nitrogens is 2. The van der Waals surface area contributed by atoms with Crippen molar-refractivity contribution in [2.75, 3.05) is 5.75 Å². The zero-order chi connectivity index (χ0) is 20.6. The van der Waals surface area contributed by atoms with Crippen LogP contribution in [0, 0.1) is 19.8 Å². The molecule has 2 saturated carbocycles. The number of carbonyl (C=O) groups is 1. The highest BCUT2D eigenvalue weighted by Crippen LogP contribution is 2.34. The summed E-state index contributed by atoms with van der Waals surface area (Å²) < 4.78 is 27.0. The molecule has 0 unspecified atom stereocenters. The van der Waals surface area contributed by atoms with Crippen molar-refractivity contribution in [1.82, 2.24) is 14.9 Å². The Balaban J connectivity index is 1.40. The van der Waals surface area contributed by atoms with E-state index in [1.165, 1.54) is 11.1 Å². The van der Waals surface area contributed by atoms with Crippen molar-refractivity contribution in [3.8, 4) is 0 Å². The molecule has 1 aromatic carbocycles. The Labute approximate surface area is 173 Å². The van der Waals surface area contributed by atoms with Crippen LogP contribution in [0.4, 0.5) is 0 Å². The van der Waals surface area contributed by atoms with Gasteiger partial charge in [0.25, 0.3) is 0 Å². The van der Waals surface area contributed by atoms with E-state index in [0.29, 0.717) is 12.5 Å². The van der Waals surface area contributed by atoms with E-state index in [4.69, 9.17) is 0 Å². The highest BCUT2D eigenvalue weighted by atomic mass is 32.2. The number of imidazole rings is 1. The van der Waals surface area contributed by atoms with Crippen LogP contribution in [0.5, 0.6) is 0 Å². The monoisotopic (exact) mass is 417 g/mol. The molecule has 2 aliphatic carbocycles.